The van der Waals surface area contributed by atoms with Gasteiger partial charge >= 0.3 is 0 Å². The Hall–Kier alpha value is -0.830. The third-order valence-corrected chi connectivity index (χ3v) is 4.89. The van der Waals surface area contributed by atoms with Crippen LogP contribution in [-0.4, -0.2) is 17.7 Å². The first kappa shape index (κ1) is 16.2. The highest BCUT2D eigenvalue weighted by atomic mass is 79.9. The molecule has 2 nitrogen and oxygen atoms in total. The van der Waals surface area contributed by atoms with Gasteiger partial charge in [0.05, 0.1) is 6.61 Å². The summed E-state index contributed by atoms with van der Waals surface area (Å²) in [4.78, 5) is 11.0. The van der Waals surface area contributed by atoms with Crippen LogP contribution >= 0.6 is 15.9 Å². The Kier molecular flexibility index (Phi) is 6.56. The van der Waals surface area contributed by atoms with Crippen molar-refractivity contribution in [1.82, 2.24) is 0 Å². The summed E-state index contributed by atoms with van der Waals surface area (Å²) in [7, 11) is 0. The number of rotatable bonds is 8. The zero-order valence-electron chi connectivity index (χ0n) is 12.0. The predicted octanol–water partition coefficient (Wildman–Crippen LogP) is 4.40. The van der Waals surface area contributed by atoms with Crippen LogP contribution in [-0.2, 0) is 11.2 Å². The molecule has 0 radical (unpaired) electrons. The maximum absolute atomic E-state index is 11.0. The summed E-state index contributed by atoms with van der Waals surface area (Å²) < 4.78 is 5.89. The Labute approximate surface area is 124 Å². The number of halogens is 1. The largest absolute Gasteiger partial charge is 0.493 e. The number of carbonyl (C=O) groups excluding carboxylic acids is 1. The lowest BCUT2D eigenvalue weighted by molar-refractivity contribution is -0.116. The fourth-order valence-corrected chi connectivity index (χ4v) is 2.86. The Morgan fingerprint density at radius 2 is 1.79 bits per heavy atom. The number of hydrogen-bond donors (Lipinski definition) is 0. The molecule has 1 aromatic rings. The molecule has 0 aliphatic heterocycles. The van der Waals surface area contributed by atoms with E-state index in [0.29, 0.717) is 6.42 Å². The Morgan fingerprint density at radius 1 is 1.21 bits per heavy atom. The lowest BCUT2D eigenvalue weighted by Crippen LogP contribution is -2.29. The van der Waals surface area contributed by atoms with E-state index in [0.717, 1.165) is 36.1 Å². The highest BCUT2D eigenvalue weighted by Crippen LogP contribution is 2.29. The van der Waals surface area contributed by atoms with Crippen molar-refractivity contribution in [1.29, 1.82) is 0 Å². The lowest BCUT2D eigenvalue weighted by atomic mass is 9.86. The molecule has 0 bridgehead atoms. The van der Waals surface area contributed by atoms with Gasteiger partial charge in [-0.2, -0.15) is 0 Å². The number of Topliss-reactive ketones (excluding diaryl/α,β-unsaturated/α-hetero) is 1. The first-order valence-corrected chi connectivity index (χ1v) is 7.94. The molecule has 0 fully saturated rings. The second kappa shape index (κ2) is 7.68. The molecule has 3 heteroatoms. The van der Waals surface area contributed by atoms with Crippen molar-refractivity contribution in [3.05, 3.63) is 29.8 Å². The van der Waals surface area contributed by atoms with Crippen LogP contribution in [0.2, 0.25) is 0 Å². The van der Waals surface area contributed by atoms with Gasteiger partial charge in [0.1, 0.15) is 11.5 Å². The Balaban J connectivity index is 2.60. The fourth-order valence-electron chi connectivity index (χ4n) is 1.91. The lowest BCUT2D eigenvalue weighted by Gasteiger charge is -2.29. The molecule has 0 amide bonds. The second-order valence-corrected chi connectivity index (χ2v) is 5.71. The van der Waals surface area contributed by atoms with E-state index in [-0.39, 0.29) is 11.2 Å². The molecule has 0 aliphatic carbocycles. The van der Waals surface area contributed by atoms with E-state index in [1.807, 2.05) is 24.3 Å². The first-order chi connectivity index (χ1) is 9.05. The summed E-state index contributed by atoms with van der Waals surface area (Å²) in [6.07, 6.45) is 2.68. The molecule has 0 heterocycles. The summed E-state index contributed by atoms with van der Waals surface area (Å²) >= 11 is 3.59. The molecule has 0 aromatic heterocycles. The van der Waals surface area contributed by atoms with Crippen LogP contribution in [0.4, 0.5) is 0 Å². The molecule has 1 rings (SSSR count). The summed E-state index contributed by atoms with van der Waals surface area (Å²) in [5.74, 6) is 1.06. The zero-order chi connectivity index (χ0) is 14.3. The van der Waals surface area contributed by atoms with Gasteiger partial charge in [0, 0.05) is 17.2 Å². The van der Waals surface area contributed by atoms with Crippen LogP contribution in [0.1, 0.15) is 39.2 Å². The van der Waals surface area contributed by atoms with E-state index in [9.17, 15) is 4.79 Å². The molecule has 0 unspecified atom stereocenters. The molecular weight excluding hydrogens is 304 g/mol. The quantitative estimate of drug-likeness (QED) is 0.662. The van der Waals surface area contributed by atoms with Gasteiger partial charge in [-0.1, -0.05) is 41.9 Å². The van der Waals surface area contributed by atoms with Gasteiger partial charge in [0.15, 0.2) is 0 Å². The highest BCUT2D eigenvalue weighted by molar-refractivity contribution is 9.09. The van der Waals surface area contributed by atoms with Crippen LogP contribution < -0.4 is 4.74 Å². The van der Waals surface area contributed by atoms with Crippen molar-refractivity contribution in [2.75, 3.05) is 11.9 Å². The van der Waals surface area contributed by atoms with E-state index < -0.39 is 0 Å². The average Bonchev–Trinajstić information content (AvgIpc) is 2.42. The van der Waals surface area contributed by atoms with Gasteiger partial charge in [-0.3, -0.25) is 4.79 Å². The number of ether oxygens (including phenoxy) is 1. The molecule has 0 saturated carbocycles. The third-order valence-electron chi connectivity index (χ3n) is 3.70. The molecule has 0 saturated heterocycles. The molecule has 0 atom stereocenters. The van der Waals surface area contributed by atoms with Gasteiger partial charge < -0.3 is 4.74 Å². The van der Waals surface area contributed by atoms with Gasteiger partial charge in [0.2, 0.25) is 0 Å². The van der Waals surface area contributed by atoms with Gasteiger partial charge in [-0.25, -0.2) is 0 Å². The van der Waals surface area contributed by atoms with Crippen LogP contribution in [0.5, 0.6) is 5.75 Å². The normalized spacial score (nSPS) is 11.4. The maximum atomic E-state index is 11.0. The molecule has 0 spiro atoms. The fraction of sp³-hybridized carbons (Fsp3) is 0.562. The van der Waals surface area contributed by atoms with Crippen molar-refractivity contribution in [3.63, 3.8) is 0 Å². The van der Waals surface area contributed by atoms with E-state index in [1.54, 1.807) is 6.92 Å². The highest BCUT2D eigenvalue weighted by Gasteiger charge is 2.25. The number of alkyl halides is 1. The standard InChI is InChI=1S/C16H23BrO2/c1-4-16(5-2,11-17)12-19-15-8-6-14(7-9-15)10-13(3)18/h6-9H,4-5,10-12H2,1-3H3. The van der Waals surface area contributed by atoms with Crippen molar-refractivity contribution < 1.29 is 9.53 Å². The SMILES string of the molecule is CCC(CC)(CBr)COc1ccc(CC(C)=O)cc1. The third kappa shape index (κ3) is 4.98. The van der Waals surface area contributed by atoms with Gasteiger partial charge in [-0.05, 0) is 37.5 Å². The number of carbonyl (C=O) groups is 1. The van der Waals surface area contributed by atoms with E-state index in [2.05, 4.69) is 29.8 Å². The number of hydrogen-bond acceptors (Lipinski definition) is 2. The zero-order valence-corrected chi connectivity index (χ0v) is 13.6. The minimum atomic E-state index is 0.184. The second-order valence-electron chi connectivity index (χ2n) is 5.15. The van der Waals surface area contributed by atoms with Crippen molar-refractivity contribution in [2.24, 2.45) is 5.41 Å². The van der Waals surface area contributed by atoms with E-state index >= 15 is 0 Å². The Bertz CT molecular complexity index is 385. The molecule has 106 valence electrons. The molecule has 19 heavy (non-hydrogen) atoms. The molecule has 1 aromatic carbocycles. The molecule has 0 N–H and O–H groups in total. The van der Waals surface area contributed by atoms with Crippen LogP contribution in [0.25, 0.3) is 0 Å². The van der Waals surface area contributed by atoms with Crippen molar-refractivity contribution in [3.8, 4) is 5.75 Å². The summed E-state index contributed by atoms with van der Waals surface area (Å²) in [6.45, 7) is 6.72. The molecular formula is C16H23BrO2. The topological polar surface area (TPSA) is 26.3 Å². The van der Waals surface area contributed by atoms with Crippen LogP contribution in [0.3, 0.4) is 0 Å². The van der Waals surface area contributed by atoms with E-state index in [4.69, 9.17) is 4.74 Å². The van der Waals surface area contributed by atoms with Crippen LogP contribution in [0, 0.1) is 5.41 Å². The summed E-state index contributed by atoms with van der Waals surface area (Å²) in [5, 5.41) is 0.954. The molecule has 0 aliphatic rings. The van der Waals surface area contributed by atoms with Gasteiger partial charge in [-0.15, -0.1) is 0 Å². The number of benzene rings is 1. The summed E-state index contributed by atoms with van der Waals surface area (Å²) in [5.41, 5.74) is 1.25. The van der Waals surface area contributed by atoms with Crippen molar-refractivity contribution >= 4 is 21.7 Å². The first-order valence-electron chi connectivity index (χ1n) is 6.82. The van der Waals surface area contributed by atoms with Gasteiger partial charge in [0.25, 0.3) is 0 Å². The smallest absolute Gasteiger partial charge is 0.134 e. The van der Waals surface area contributed by atoms with Crippen LogP contribution in [0.15, 0.2) is 24.3 Å². The minimum absolute atomic E-state index is 0.184. The summed E-state index contributed by atoms with van der Waals surface area (Å²) in [6, 6.07) is 7.82. The minimum Gasteiger partial charge on any atom is -0.493 e. The monoisotopic (exact) mass is 326 g/mol. The Morgan fingerprint density at radius 3 is 2.21 bits per heavy atom. The van der Waals surface area contributed by atoms with Crippen molar-refractivity contribution in [2.45, 2.75) is 40.0 Å². The van der Waals surface area contributed by atoms with E-state index in [1.165, 1.54) is 0 Å². The predicted molar refractivity (Wildman–Crippen MR) is 83.1 cm³/mol. The number of ketones is 1. The average molecular weight is 327 g/mol. The maximum Gasteiger partial charge on any atom is 0.134 e.